The number of benzene rings is 4. The first kappa shape index (κ1) is 40.4. The fraction of sp³-hybridized carbons (Fsp3) is 0.383. The lowest BCUT2D eigenvalue weighted by Crippen LogP contribution is -2.37. The summed E-state index contributed by atoms with van der Waals surface area (Å²) in [5, 5.41) is 17.8. The van der Waals surface area contributed by atoms with Crippen LogP contribution in [-0.2, 0) is 11.8 Å². The van der Waals surface area contributed by atoms with E-state index in [0.717, 1.165) is 85.7 Å². The van der Waals surface area contributed by atoms with Crippen molar-refractivity contribution in [3.05, 3.63) is 123 Å². The van der Waals surface area contributed by atoms with Crippen molar-refractivity contribution >= 4 is 34.5 Å². The molecule has 314 valence electrons. The average Bonchev–Trinajstić information content (AvgIpc) is 4.03. The molecule has 4 atom stereocenters. The average molecular weight is 844 g/mol. The molecule has 1 aromatic heterocycles. The number of carbonyl (C=O) groups is 1. The summed E-state index contributed by atoms with van der Waals surface area (Å²) in [5.41, 5.74) is 6.85. The molecule has 0 bridgehead atoms. The Morgan fingerprint density at radius 3 is 2.57 bits per heavy atom. The van der Waals surface area contributed by atoms with E-state index in [9.17, 15) is 14.4 Å². The van der Waals surface area contributed by atoms with Crippen molar-refractivity contribution in [3.8, 4) is 23.3 Å². The SMILES string of the molecule is Cc1c(N2CC(CCCCOCCCCOc3ccc([C@H]4Nc5cc(F)cc6c5C(=NCC6=O)[C@@H]4c4ncnn4C)cc3)CC2c2ccc3c(c2)OCO3)ccc(C#N)c1Cl. The minimum atomic E-state index is -0.468. The lowest BCUT2D eigenvalue weighted by atomic mass is 9.78. The topological polar surface area (TPSA) is 136 Å². The van der Waals surface area contributed by atoms with Crippen molar-refractivity contribution in [2.24, 2.45) is 18.0 Å². The predicted molar refractivity (Wildman–Crippen MR) is 230 cm³/mol. The maximum absolute atomic E-state index is 14.7. The first-order chi connectivity index (χ1) is 29.8. The highest BCUT2D eigenvalue weighted by Gasteiger charge is 2.42. The molecule has 4 aliphatic rings. The number of unbranched alkanes of at least 4 members (excludes halogenated alkanes) is 2. The normalized spacial score (nSPS) is 20.0. The number of halogens is 2. The number of rotatable bonds is 15. The second-order valence-electron chi connectivity index (χ2n) is 16.1. The summed E-state index contributed by atoms with van der Waals surface area (Å²) < 4.78 is 39.8. The van der Waals surface area contributed by atoms with Crippen LogP contribution in [0.3, 0.4) is 0 Å². The van der Waals surface area contributed by atoms with Crippen LogP contribution < -0.4 is 24.4 Å². The Hall–Kier alpha value is -5.97. The Bertz CT molecular complexity index is 2520. The molecule has 4 aliphatic heterocycles. The number of fused-ring (bicyclic) bond motifs is 1. The van der Waals surface area contributed by atoms with E-state index >= 15 is 0 Å². The van der Waals surface area contributed by atoms with Gasteiger partial charge in [-0.15, -0.1) is 0 Å². The summed E-state index contributed by atoms with van der Waals surface area (Å²) in [7, 11) is 1.83. The number of ether oxygens (including phenoxy) is 4. The molecule has 2 unspecified atom stereocenters. The van der Waals surface area contributed by atoms with E-state index in [1.807, 2.05) is 56.4 Å². The van der Waals surface area contributed by atoms with Gasteiger partial charge in [-0.05, 0) is 110 Å². The molecule has 14 heteroatoms. The summed E-state index contributed by atoms with van der Waals surface area (Å²) >= 11 is 6.64. The minimum absolute atomic E-state index is 0.0337. The molecule has 4 aromatic carbocycles. The van der Waals surface area contributed by atoms with Crippen molar-refractivity contribution in [2.75, 3.05) is 49.9 Å². The van der Waals surface area contributed by atoms with Crippen LogP contribution in [-0.4, -0.2) is 66.0 Å². The first-order valence-corrected chi connectivity index (χ1v) is 21.3. The van der Waals surface area contributed by atoms with Crippen molar-refractivity contribution < 1.29 is 28.1 Å². The second-order valence-corrected chi connectivity index (χ2v) is 16.5. The number of hydrogen-bond acceptors (Lipinski definition) is 11. The van der Waals surface area contributed by atoms with E-state index in [1.165, 1.54) is 24.0 Å². The highest BCUT2D eigenvalue weighted by Crippen LogP contribution is 2.47. The lowest BCUT2D eigenvalue weighted by Gasteiger charge is -2.37. The first-order valence-electron chi connectivity index (χ1n) is 20.9. The molecule has 9 rings (SSSR count). The number of Topliss-reactive ketones (excluding diaryl/α,β-unsaturated/α-hetero) is 1. The summed E-state index contributed by atoms with van der Waals surface area (Å²) in [6.07, 6.45) is 7.44. The van der Waals surface area contributed by atoms with E-state index in [-0.39, 0.29) is 37.1 Å². The second kappa shape index (κ2) is 17.6. The van der Waals surface area contributed by atoms with E-state index in [1.54, 1.807) is 4.68 Å². The number of anilines is 2. The van der Waals surface area contributed by atoms with Crippen LogP contribution in [0.2, 0.25) is 5.02 Å². The summed E-state index contributed by atoms with van der Waals surface area (Å²) in [5.74, 6) is 2.49. The van der Waals surface area contributed by atoms with Crippen molar-refractivity contribution in [1.82, 2.24) is 14.8 Å². The standard InChI is InChI=1S/C47H47ClFN7O5/c1-28-37(14-10-32(23-50)44(28)48)56-25-29(19-38(56)31-11-15-40-41(20-31)61-27-60-40)7-3-4-16-58-17-5-6-18-59-34-12-8-30(9-13-34)45-43(47-52-26-53-55(47)2)46-42-35(39(57)24-51-46)21-33(49)22-36(42)54-45/h8-15,20-22,26,29,38,43,45,54H,3-7,16-19,24-25,27H2,1-2H3/t29?,38?,43-,45-/m1/s1. The van der Waals surface area contributed by atoms with Crippen molar-refractivity contribution in [2.45, 2.75) is 63.5 Å². The molecule has 61 heavy (non-hydrogen) atoms. The molecule has 1 saturated heterocycles. The molecular formula is C47H47ClFN7O5. The zero-order chi connectivity index (χ0) is 42.0. The molecule has 1 N–H and O–H groups in total. The van der Waals surface area contributed by atoms with Crippen LogP contribution >= 0.6 is 11.6 Å². The van der Waals surface area contributed by atoms with Crippen LogP contribution in [0.15, 0.2) is 78.0 Å². The number of aliphatic imine (C=N–C) groups is 1. The van der Waals surface area contributed by atoms with E-state index in [4.69, 9.17) is 35.5 Å². The number of nitriles is 1. The summed E-state index contributed by atoms with van der Waals surface area (Å²) in [6, 6.07) is 22.7. The zero-order valence-electron chi connectivity index (χ0n) is 34.2. The van der Waals surface area contributed by atoms with Gasteiger partial charge in [-0.1, -0.05) is 36.2 Å². The van der Waals surface area contributed by atoms with Gasteiger partial charge in [-0.3, -0.25) is 14.5 Å². The van der Waals surface area contributed by atoms with E-state index < -0.39 is 5.82 Å². The van der Waals surface area contributed by atoms with Crippen LogP contribution in [0, 0.1) is 30.0 Å². The lowest BCUT2D eigenvalue weighted by molar-refractivity contribution is 0.0999. The quantitative estimate of drug-likeness (QED) is 0.102. The van der Waals surface area contributed by atoms with Gasteiger partial charge in [-0.2, -0.15) is 10.4 Å². The van der Waals surface area contributed by atoms with Gasteiger partial charge in [0.1, 0.15) is 36.3 Å². The maximum Gasteiger partial charge on any atom is 0.231 e. The van der Waals surface area contributed by atoms with Gasteiger partial charge in [0.15, 0.2) is 17.3 Å². The fourth-order valence-electron chi connectivity index (χ4n) is 9.25. The molecule has 0 aliphatic carbocycles. The third-order valence-electron chi connectivity index (χ3n) is 12.3. The van der Waals surface area contributed by atoms with Crippen molar-refractivity contribution in [3.63, 3.8) is 0 Å². The van der Waals surface area contributed by atoms with Gasteiger partial charge in [0.2, 0.25) is 6.79 Å². The third kappa shape index (κ3) is 8.14. The van der Waals surface area contributed by atoms with Gasteiger partial charge in [0.05, 0.1) is 40.9 Å². The molecule has 12 nitrogen and oxygen atoms in total. The van der Waals surface area contributed by atoms with Gasteiger partial charge >= 0.3 is 0 Å². The number of aryl methyl sites for hydroxylation is 1. The largest absolute Gasteiger partial charge is 0.494 e. The number of ketones is 1. The van der Waals surface area contributed by atoms with Gasteiger partial charge < -0.3 is 29.2 Å². The molecule has 5 aromatic rings. The summed E-state index contributed by atoms with van der Waals surface area (Å²) in [6.45, 7) is 5.08. The van der Waals surface area contributed by atoms with Crippen LogP contribution in [0.5, 0.6) is 17.2 Å². The highest BCUT2D eigenvalue weighted by molar-refractivity contribution is 6.33. The third-order valence-corrected chi connectivity index (χ3v) is 12.8. The number of nitrogens with one attached hydrogen (secondary N) is 1. The smallest absolute Gasteiger partial charge is 0.231 e. The molecular weight excluding hydrogens is 797 g/mol. The Morgan fingerprint density at radius 1 is 0.984 bits per heavy atom. The van der Waals surface area contributed by atoms with Crippen LogP contribution in [0.1, 0.15) is 101 Å². The van der Waals surface area contributed by atoms with Gasteiger partial charge in [0, 0.05) is 49.3 Å². The zero-order valence-corrected chi connectivity index (χ0v) is 35.0. The fourth-order valence-corrected chi connectivity index (χ4v) is 9.45. The Morgan fingerprint density at radius 2 is 1.77 bits per heavy atom. The number of nitrogens with zero attached hydrogens (tertiary/aromatic N) is 6. The predicted octanol–water partition coefficient (Wildman–Crippen LogP) is 9.07. The number of hydrogen-bond donors (Lipinski definition) is 1. The van der Waals surface area contributed by atoms with Crippen LogP contribution in [0.25, 0.3) is 0 Å². The van der Waals surface area contributed by atoms with E-state index in [0.29, 0.717) is 58.1 Å². The summed E-state index contributed by atoms with van der Waals surface area (Å²) in [4.78, 5) is 24.4. The van der Waals surface area contributed by atoms with Gasteiger partial charge in [0.25, 0.3) is 0 Å². The monoisotopic (exact) mass is 843 g/mol. The highest BCUT2D eigenvalue weighted by atomic mass is 35.5. The minimum Gasteiger partial charge on any atom is -0.494 e. The number of carbonyl (C=O) groups excluding carboxylic acids is 1. The Kier molecular flexibility index (Phi) is 11.6. The van der Waals surface area contributed by atoms with Crippen molar-refractivity contribution in [1.29, 1.82) is 5.26 Å². The van der Waals surface area contributed by atoms with Crippen LogP contribution in [0.4, 0.5) is 15.8 Å². The molecule has 0 saturated carbocycles. The number of aromatic nitrogens is 3. The molecule has 0 radical (unpaired) electrons. The Labute approximate surface area is 359 Å². The molecule has 5 heterocycles. The maximum atomic E-state index is 14.7. The van der Waals surface area contributed by atoms with Gasteiger partial charge in [-0.25, -0.2) is 9.37 Å². The molecule has 1 fully saturated rings. The molecule has 0 amide bonds. The Balaban J connectivity index is 0.733. The molecule has 0 spiro atoms. The van der Waals surface area contributed by atoms with E-state index in [2.05, 4.69) is 38.5 Å².